The van der Waals surface area contributed by atoms with Crippen LogP contribution >= 0.6 is 0 Å². The van der Waals surface area contributed by atoms with Crippen LogP contribution in [-0.4, -0.2) is 21.6 Å². The Morgan fingerprint density at radius 2 is 1.88 bits per heavy atom. The Morgan fingerprint density at radius 1 is 1.12 bits per heavy atom. The molecule has 1 aliphatic rings. The van der Waals surface area contributed by atoms with Crippen LogP contribution in [0, 0.1) is 0 Å². The summed E-state index contributed by atoms with van der Waals surface area (Å²) in [4.78, 5) is 23.4. The highest BCUT2D eigenvalue weighted by atomic mass is 16.4. The molecule has 1 amide bonds. The van der Waals surface area contributed by atoms with Crippen LogP contribution < -0.4 is 5.32 Å². The average Bonchev–Trinajstić information content (AvgIpc) is 3.06. The smallest absolute Gasteiger partial charge is 0.323 e. The zero-order valence-electron chi connectivity index (χ0n) is 12.7. The van der Waals surface area contributed by atoms with E-state index in [4.69, 9.17) is 5.11 Å². The first-order valence-electron chi connectivity index (χ1n) is 7.55. The van der Waals surface area contributed by atoms with Crippen molar-refractivity contribution < 1.29 is 14.7 Å². The third kappa shape index (κ3) is 2.27. The summed E-state index contributed by atoms with van der Waals surface area (Å²) in [5, 5.41) is 12.9. The number of nitrogens with zero attached hydrogens (tertiary/aromatic N) is 1. The molecule has 3 aromatic rings. The standard InChI is InChI=1S/C19H14N2O3/c22-18(23)11-21-10-12(13-5-2-4-8-17(13)21)9-15-14-6-1-3-7-16(14)20-19(15)24/h1-10H,11H2,(H,20,24)(H,22,23). The van der Waals surface area contributed by atoms with Crippen molar-refractivity contribution in [1.29, 1.82) is 0 Å². The number of carboxylic acids is 1. The Balaban J connectivity index is 1.89. The van der Waals surface area contributed by atoms with Gasteiger partial charge in [-0.1, -0.05) is 36.4 Å². The summed E-state index contributed by atoms with van der Waals surface area (Å²) in [6, 6.07) is 15.1. The van der Waals surface area contributed by atoms with Gasteiger partial charge in [0.15, 0.2) is 0 Å². The predicted molar refractivity (Wildman–Crippen MR) is 92.5 cm³/mol. The van der Waals surface area contributed by atoms with Gasteiger partial charge in [-0.15, -0.1) is 0 Å². The van der Waals surface area contributed by atoms with Crippen molar-refractivity contribution in [3.63, 3.8) is 0 Å². The van der Waals surface area contributed by atoms with E-state index in [1.807, 2.05) is 54.6 Å². The van der Waals surface area contributed by atoms with Gasteiger partial charge < -0.3 is 15.0 Å². The van der Waals surface area contributed by atoms with Crippen molar-refractivity contribution in [2.24, 2.45) is 0 Å². The molecule has 5 nitrogen and oxygen atoms in total. The van der Waals surface area contributed by atoms with E-state index in [0.717, 1.165) is 27.7 Å². The molecular weight excluding hydrogens is 304 g/mol. The lowest BCUT2D eigenvalue weighted by atomic mass is 10.0. The summed E-state index contributed by atoms with van der Waals surface area (Å²) in [6.07, 6.45) is 3.60. The molecular formula is C19H14N2O3. The maximum absolute atomic E-state index is 12.3. The highest BCUT2D eigenvalue weighted by molar-refractivity contribution is 6.35. The van der Waals surface area contributed by atoms with E-state index in [0.29, 0.717) is 5.57 Å². The van der Waals surface area contributed by atoms with Crippen molar-refractivity contribution in [1.82, 2.24) is 4.57 Å². The highest BCUT2D eigenvalue weighted by Crippen LogP contribution is 2.34. The van der Waals surface area contributed by atoms with E-state index in [2.05, 4.69) is 5.32 Å². The number of anilines is 1. The molecule has 2 heterocycles. The second kappa shape index (κ2) is 5.38. The van der Waals surface area contributed by atoms with Gasteiger partial charge in [0, 0.05) is 39.5 Å². The number of hydrogen-bond donors (Lipinski definition) is 2. The van der Waals surface area contributed by atoms with Crippen LogP contribution in [0.25, 0.3) is 22.6 Å². The van der Waals surface area contributed by atoms with Gasteiger partial charge in [-0.05, 0) is 18.2 Å². The fourth-order valence-corrected chi connectivity index (χ4v) is 3.10. The lowest BCUT2D eigenvalue weighted by Gasteiger charge is -1.99. The molecule has 4 rings (SSSR count). The van der Waals surface area contributed by atoms with E-state index in [1.165, 1.54) is 0 Å². The van der Waals surface area contributed by atoms with Crippen LogP contribution in [0.15, 0.2) is 54.7 Å². The molecule has 0 radical (unpaired) electrons. The summed E-state index contributed by atoms with van der Waals surface area (Å²) in [7, 11) is 0. The number of amides is 1. The third-order valence-corrected chi connectivity index (χ3v) is 4.13. The quantitative estimate of drug-likeness (QED) is 0.728. The van der Waals surface area contributed by atoms with Crippen LogP contribution in [-0.2, 0) is 16.1 Å². The first-order chi connectivity index (χ1) is 11.6. The van der Waals surface area contributed by atoms with Crippen LogP contribution in [0.4, 0.5) is 5.69 Å². The summed E-state index contributed by atoms with van der Waals surface area (Å²) in [6.45, 7) is -0.119. The monoisotopic (exact) mass is 318 g/mol. The first kappa shape index (κ1) is 14.3. The van der Waals surface area contributed by atoms with E-state index in [-0.39, 0.29) is 12.5 Å². The third-order valence-electron chi connectivity index (χ3n) is 4.13. The van der Waals surface area contributed by atoms with Gasteiger partial charge in [0.25, 0.3) is 5.91 Å². The normalized spacial score (nSPS) is 14.8. The summed E-state index contributed by atoms with van der Waals surface area (Å²) < 4.78 is 1.68. The summed E-state index contributed by atoms with van der Waals surface area (Å²) in [5.74, 6) is -1.05. The molecule has 0 bridgehead atoms. The molecule has 1 aromatic heterocycles. The SMILES string of the molecule is O=C(O)Cn1cc(C=C2C(=O)Nc3ccccc32)c2ccccc21. The van der Waals surface area contributed by atoms with Gasteiger partial charge in [0.05, 0.1) is 0 Å². The maximum Gasteiger partial charge on any atom is 0.323 e. The Labute approximate surface area is 137 Å². The van der Waals surface area contributed by atoms with Gasteiger partial charge >= 0.3 is 5.97 Å². The Morgan fingerprint density at radius 3 is 2.71 bits per heavy atom. The molecule has 5 heteroatoms. The van der Waals surface area contributed by atoms with E-state index in [1.54, 1.807) is 10.8 Å². The number of carbonyl (C=O) groups excluding carboxylic acids is 1. The minimum atomic E-state index is -0.904. The minimum absolute atomic E-state index is 0.119. The van der Waals surface area contributed by atoms with Crippen molar-refractivity contribution in [3.8, 4) is 0 Å². The van der Waals surface area contributed by atoms with Crippen molar-refractivity contribution >= 4 is 40.1 Å². The molecule has 0 saturated heterocycles. The van der Waals surface area contributed by atoms with Crippen molar-refractivity contribution in [2.75, 3.05) is 5.32 Å². The molecule has 0 unspecified atom stereocenters. The Hall–Kier alpha value is -3.34. The van der Waals surface area contributed by atoms with Crippen molar-refractivity contribution in [2.45, 2.75) is 6.54 Å². The van der Waals surface area contributed by atoms with Crippen molar-refractivity contribution in [3.05, 3.63) is 65.9 Å². The van der Waals surface area contributed by atoms with Gasteiger partial charge in [-0.3, -0.25) is 9.59 Å². The van der Waals surface area contributed by atoms with Gasteiger partial charge in [-0.2, -0.15) is 0 Å². The maximum atomic E-state index is 12.3. The second-order valence-corrected chi connectivity index (χ2v) is 5.68. The lowest BCUT2D eigenvalue weighted by molar-refractivity contribution is -0.137. The number of aromatic nitrogens is 1. The van der Waals surface area contributed by atoms with Crippen LogP contribution in [0.3, 0.4) is 0 Å². The number of carboxylic acid groups (broad SMARTS) is 1. The number of hydrogen-bond acceptors (Lipinski definition) is 2. The first-order valence-corrected chi connectivity index (χ1v) is 7.55. The fourth-order valence-electron chi connectivity index (χ4n) is 3.10. The van der Waals surface area contributed by atoms with E-state index < -0.39 is 5.97 Å². The molecule has 0 aliphatic carbocycles. The molecule has 24 heavy (non-hydrogen) atoms. The number of nitrogens with one attached hydrogen (secondary N) is 1. The van der Waals surface area contributed by atoms with E-state index in [9.17, 15) is 9.59 Å². The number of rotatable bonds is 3. The molecule has 2 aromatic carbocycles. The Bertz CT molecular complexity index is 1010. The summed E-state index contributed by atoms with van der Waals surface area (Å²) in [5.41, 5.74) is 3.90. The minimum Gasteiger partial charge on any atom is -0.480 e. The second-order valence-electron chi connectivity index (χ2n) is 5.68. The van der Waals surface area contributed by atoms with E-state index >= 15 is 0 Å². The van der Waals surface area contributed by atoms with Crippen LogP contribution in [0.1, 0.15) is 11.1 Å². The van der Waals surface area contributed by atoms with Crippen LogP contribution in [0.2, 0.25) is 0 Å². The lowest BCUT2D eigenvalue weighted by Crippen LogP contribution is -2.07. The Kier molecular flexibility index (Phi) is 3.20. The zero-order chi connectivity index (χ0) is 16.7. The number of fused-ring (bicyclic) bond motifs is 2. The molecule has 1 aliphatic heterocycles. The van der Waals surface area contributed by atoms with Gasteiger partial charge in [0.2, 0.25) is 0 Å². The number of para-hydroxylation sites is 2. The van der Waals surface area contributed by atoms with Gasteiger partial charge in [-0.25, -0.2) is 0 Å². The predicted octanol–water partition coefficient (Wildman–Crippen LogP) is 3.22. The largest absolute Gasteiger partial charge is 0.480 e. The fraction of sp³-hybridized carbons (Fsp3) is 0.0526. The topological polar surface area (TPSA) is 71.3 Å². The molecule has 118 valence electrons. The molecule has 0 fully saturated rings. The molecule has 0 spiro atoms. The number of aliphatic carboxylic acids is 1. The zero-order valence-corrected chi connectivity index (χ0v) is 12.7. The van der Waals surface area contributed by atoms with Gasteiger partial charge in [0.1, 0.15) is 6.54 Å². The average molecular weight is 318 g/mol. The highest BCUT2D eigenvalue weighted by Gasteiger charge is 2.24. The summed E-state index contributed by atoms with van der Waals surface area (Å²) >= 11 is 0. The molecule has 0 saturated carbocycles. The molecule has 2 N–H and O–H groups in total. The molecule has 0 atom stereocenters. The number of carbonyl (C=O) groups is 2. The number of benzene rings is 2. The van der Waals surface area contributed by atoms with Crippen LogP contribution in [0.5, 0.6) is 0 Å².